The molecule has 1 aliphatic heterocycles. The molecule has 0 amide bonds. The number of nitrogens with one attached hydrogen (secondary N) is 2. The van der Waals surface area contributed by atoms with E-state index in [4.69, 9.17) is 18.6 Å². The molecule has 1 atom stereocenters. The number of hydrogen-bond acceptors (Lipinski definition) is 7. The van der Waals surface area contributed by atoms with Gasteiger partial charge in [0.2, 0.25) is 6.79 Å². The van der Waals surface area contributed by atoms with E-state index in [0.29, 0.717) is 11.8 Å². The van der Waals surface area contributed by atoms with Crippen molar-refractivity contribution in [2.24, 2.45) is 0 Å². The van der Waals surface area contributed by atoms with Gasteiger partial charge >= 0.3 is 0 Å². The van der Waals surface area contributed by atoms with Crippen LogP contribution in [0.3, 0.4) is 0 Å². The Bertz CT molecular complexity index is 1270. The van der Waals surface area contributed by atoms with E-state index < -0.39 is 0 Å². The summed E-state index contributed by atoms with van der Waals surface area (Å²) in [5, 5.41) is 6.80. The maximum absolute atomic E-state index is 6.04. The summed E-state index contributed by atoms with van der Waals surface area (Å²) in [6.07, 6.45) is 4.13. The Morgan fingerprint density at radius 1 is 1.00 bits per heavy atom. The second kappa shape index (κ2) is 10.0. The van der Waals surface area contributed by atoms with Gasteiger partial charge in [0.1, 0.15) is 12.0 Å². The Morgan fingerprint density at radius 2 is 1.85 bits per heavy atom. The number of oxazole rings is 1. The van der Waals surface area contributed by atoms with Crippen molar-refractivity contribution in [1.82, 2.24) is 4.98 Å². The van der Waals surface area contributed by atoms with Crippen molar-refractivity contribution in [1.29, 1.82) is 0 Å². The summed E-state index contributed by atoms with van der Waals surface area (Å²) in [7, 11) is 1.64. The Morgan fingerprint density at radius 3 is 2.68 bits per heavy atom. The lowest BCUT2D eigenvalue weighted by Crippen LogP contribution is -2.25. The lowest BCUT2D eigenvalue weighted by molar-refractivity contribution is 0.0764. The average Bonchev–Trinajstić information content (AvgIpc) is 3.58. The molecule has 1 aromatic heterocycles. The summed E-state index contributed by atoms with van der Waals surface area (Å²) in [6, 6.07) is 26.1. The molecule has 0 saturated carbocycles. The van der Waals surface area contributed by atoms with Crippen LogP contribution in [0.5, 0.6) is 5.75 Å². The third kappa shape index (κ3) is 4.99. The third-order valence-corrected chi connectivity index (χ3v) is 5.47. The highest BCUT2D eigenvalue weighted by Crippen LogP contribution is 2.32. The third-order valence-electron chi connectivity index (χ3n) is 5.47. The molecule has 0 bridgehead atoms. The molecule has 2 heterocycles. The van der Waals surface area contributed by atoms with Gasteiger partial charge < -0.3 is 29.3 Å². The molecule has 0 saturated heterocycles. The number of ether oxygens (including phenoxy) is 3. The zero-order valence-corrected chi connectivity index (χ0v) is 18.7. The smallest absolute Gasteiger partial charge is 0.299 e. The number of hydrogen-bond donors (Lipinski definition) is 2. The molecule has 1 unspecified atom stereocenters. The Hall–Kier alpha value is -4.39. The lowest BCUT2D eigenvalue weighted by Gasteiger charge is -2.21. The van der Waals surface area contributed by atoms with Gasteiger partial charge in [0.15, 0.2) is 11.5 Å². The molecular weight excluding hydrogens is 430 g/mol. The number of aromatic nitrogens is 1. The highest BCUT2D eigenvalue weighted by atomic mass is 16.7. The van der Waals surface area contributed by atoms with E-state index in [2.05, 4.69) is 27.8 Å². The van der Waals surface area contributed by atoms with Crippen molar-refractivity contribution in [3.8, 4) is 17.1 Å². The Kier molecular flexibility index (Phi) is 6.34. The largest absolute Gasteiger partial charge is 0.497 e. The minimum absolute atomic E-state index is 0.108. The highest BCUT2D eigenvalue weighted by molar-refractivity contribution is 5.75. The quantitative estimate of drug-likeness (QED) is 0.322. The molecule has 5 rings (SSSR count). The number of benzene rings is 3. The molecule has 0 aliphatic carbocycles. The van der Waals surface area contributed by atoms with Crippen LogP contribution in [0.1, 0.15) is 5.56 Å². The van der Waals surface area contributed by atoms with Crippen molar-refractivity contribution in [3.63, 3.8) is 0 Å². The fourth-order valence-electron chi connectivity index (χ4n) is 3.80. The van der Waals surface area contributed by atoms with Gasteiger partial charge in [-0.2, -0.15) is 0 Å². The molecule has 0 spiro atoms. The fourth-order valence-corrected chi connectivity index (χ4v) is 3.80. The predicted molar refractivity (Wildman–Crippen MR) is 131 cm³/mol. The number of methoxy groups -OCH3 is 1. The van der Waals surface area contributed by atoms with Gasteiger partial charge in [0.05, 0.1) is 19.3 Å². The minimum atomic E-state index is -0.108. The van der Waals surface area contributed by atoms with Gasteiger partial charge in [0, 0.05) is 23.0 Å². The second-order valence-electron chi connectivity index (χ2n) is 7.77. The molecule has 34 heavy (non-hydrogen) atoms. The van der Waals surface area contributed by atoms with Crippen molar-refractivity contribution in [2.45, 2.75) is 12.5 Å². The van der Waals surface area contributed by atoms with Crippen molar-refractivity contribution >= 4 is 17.4 Å². The second-order valence-corrected chi connectivity index (χ2v) is 7.77. The predicted octanol–water partition coefficient (Wildman–Crippen LogP) is 5.96. The molecule has 0 radical (unpaired) electrons. The molecule has 0 fully saturated rings. The minimum Gasteiger partial charge on any atom is -0.497 e. The zero-order valence-electron chi connectivity index (χ0n) is 18.7. The van der Waals surface area contributed by atoms with Crippen LogP contribution in [0.15, 0.2) is 101 Å². The highest BCUT2D eigenvalue weighted by Gasteiger charge is 2.22. The van der Waals surface area contributed by atoms with Crippen LogP contribution in [0.25, 0.3) is 11.3 Å². The first-order valence-electron chi connectivity index (χ1n) is 11.0. The van der Waals surface area contributed by atoms with Crippen molar-refractivity contribution in [2.75, 3.05) is 24.5 Å². The maximum Gasteiger partial charge on any atom is 0.299 e. The van der Waals surface area contributed by atoms with Crippen LogP contribution in [-0.4, -0.2) is 24.9 Å². The fraction of sp³-hybridized carbons (Fsp3) is 0.148. The van der Waals surface area contributed by atoms with Gasteiger partial charge in [-0.15, -0.1) is 0 Å². The first-order chi connectivity index (χ1) is 16.8. The average molecular weight is 456 g/mol. The maximum atomic E-state index is 6.04. The van der Waals surface area contributed by atoms with E-state index in [-0.39, 0.29) is 12.8 Å². The molecule has 7 nitrogen and oxygen atoms in total. The van der Waals surface area contributed by atoms with Crippen LogP contribution in [0.4, 0.5) is 17.4 Å². The number of nitrogens with zero attached hydrogens (tertiary/aromatic N) is 1. The first kappa shape index (κ1) is 21.5. The summed E-state index contributed by atoms with van der Waals surface area (Å²) >= 11 is 0. The van der Waals surface area contributed by atoms with Crippen LogP contribution in [0.2, 0.25) is 0 Å². The van der Waals surface area contributed by atoms with Crippen LogP contribution in [-0.2, 0) is 15.9 Å². The molecule has 4 aromatic rings. The molecule has 2 N–H and O–H groups in total. The monoisotopic (exact) mass is 455 g/mol. The Labute approximate surface area is 198 Å². The van der Waals surface area contributed by atoms with E-state index in [1.807, 2.05) is 66.7 Å². The van der Waals surface area contributed by atoms with Gasteiger partial charge in [0.25, 0.3) is 6.01 Å². The Balaban J connectivity index is 1.38. The van der Waals surface area contributed by atoms with Gasteiger partial charge in [-0.05, 0) is 36.2 Å². The summed E-state index contributed by atoms with van der Waals surface area (Å²) in [5.41, 5.74) is 3.82. The number of para-hydroxylation sites is 1. The van der Waals surface area contributed by atoms with E-state index >= 15 is 0 Å². The summed E-state index contributed by atoms with van der Waals surface area (Å²) in [5.74, 6) is 2.16. The summed E-state index contributed by atoms with van der Waals surface area (Å²) in [4.78, 5) is 4.41. The van der Waals surface area contributed by atoms with Crippen LogP contribution < -0.4 is 15.4 Å². The topological polar surface area (TPSA) is 77.8 Å². The first-order valence-corrected chi connectivity index (χ1v) is 11.0. The van der Waals surface area contributed by atoms with Crippen molar-refractivity contribution in [3.05, 3.63) is 103 Å². The van der Waals surface area contributed by atoms with E-state index in [9.17, 15) is 0 Å². The lowest BCUT2D eigenvalue weighted by atomic mass is 10.0. The normalized spacial score (nSPS) is 13.4. The molecule has 7 heteroatoms. The van der Waals surface area contributed by atoms with Gasteiger partial charge in [-0.1, -0.05) is 48.5 Å². The standard InChI is InChI=1S/C27H25N3O4/c1-31-21-11-7-10-20(15-21)29-27-28-16-25(34-27)22-12-5-6-13-23(22)30-24(26-17-32-18-33-26)14-19-8-3-2-4-9-19/h2-13,15-17,24,30H,14,18H2,1H3,(H,28,29). The number of rotatable bonds is 9. The summed E-state index contributed by atoms with van der Waals surface area (Å²) in [6.45, 7) is 0.228. The molecule has 1 aliphatic rings. The molecular formula is C27H25N3O4. The van der Waals surface area contributed by atoms with E-state index in [1.165, 1.54) is 5.56 Å². The van der Waals surface area contributed by atoms with Gasteiger partial charge in [-0.25, -0.2) is 4.98 Å². The zero-order chi connectivity index (χ0) is 23.2. The van der Waals surface area contributed by atoms with E-state index in [1.54, 1.807) is 19.6 Å². The molecule has 172 valence electrons. The number of anilines is 3. The van der Waals surface area contributed by atoms with Crippen LogP contribution >= 0.6 is 0 Å². The molecule has 3 aromatic carbocycles. The van der Waals surface area contributed by atoms with Crippen LogP contribution in [0, 0.1) is 0 Å². The summed E-state index contributed by atoms with van der Waals surface area (Å²) < 4.78 is 22.4. The van der Waals surface area contributed by atoms with Gasteiger partial charge in [-0.3, -0.25) is 0 Å². The SMILES string of the molecule is COc1cccc(Nc2ncc(-c3ccccc3NC(Cc3ccccc3)C3=COCO3)o2)c1. The van der Waals surface area contributed by atoms with Crippen molar-refractivity contribution < 1.29 is 18.6 Å². The van der Waals surface area contributed by atoms with E-state index in [0.717, 1.165) is 34.9 Å².